The highest BCUT2D eigenvalue weighted by Crippen LogP contribution is 2.29. The molecule has 0 radical (unpaired) electrons. The van der Waals surface area contributed by atoms with Crippen LogP contribution in [0.15, 0.2) is 18.3 Å². The molecule has 3 rings (SSSR count). The van der Waals surface area contributed by atoms with Gasteiger partial charge in [0.2, 0.25) is 11.8 Å². The van der Waals surface area contributed by atoms with Crippen LogP contribution in [0.3, 0.4) is 0 Å². The molecule has 1 aromatic rings. The van der Waals surface area contributed by atoms with Gasteiger partial charge in [0.25, 0.3) is 0 Å². The molecule has 0 unspecified atom stereocenters. The van der Waals surface area contributed by atoms with Crippen LogP contribution in [0, 0.1) is 5.92 Å². The highest BCUT2D eigenvalue weighted by atomic mass is 19.4. The Balaban J connectivity index is 1.45. The van der Waals surface area contributed by atoms with Crippen molar-refractivity contribution in [3.05, 3.63) is 23.9 Å². The van der Waals surface area contributed by atoms with Gasteiger partial charge in [0.1, 0.15) is 5.82 Å². The molecule has 0 bridgehead atoms. The van der Waals surface area contributed by atoms with Gasteiger partial charge < -0.3 is 15.5 Å². The number of anilines is 1. The van der Waals surface area contributed by atoms with Crippen LogP contribution in [0.1, 0.15) is 18.4 Å². The predicted octanol–water partition coefficient (Wildman–Crippen LogP) is 0.946. The van der Waals surface area contributed by atoms with Crippen molar-refractivity contribution in [1.29, 1.82) is 0 Å². The van der Waals surface area contributed by atoms with E-state index in [0.29, 0.717) is 64.5 Å². The number of halogens is 3. The average molecular weight is 399 g/mol. The zero-order valence-electron chi connectivity index (χ0n) is 15.5. The number of piperazine rings is 1. The minimum atomic E-state index is -4.39. The number of piperidine rings is 1. The third-order valence-electron chi connectivity index (χ3n) is 5.38. The van der Waals surface area contributed by atoms with Crippen LogP contribution in [0.25, 0.3) is 0 Å². The normalized spacial score (nSPS) is 19.7. The first kappa shape index (κ1) is 20.4. The maximum Gasteiger partial charge on any atom is 0.417 e. The van der Waals surface area contributed by atoms with Gasteiger partial charge in [-0.3, -0.25) is 14.5 Å². The first-order valence-electron chi connectivity index (χ1n) is 9.31. The Morgan fingerprint density at radius 1 is 1.07 bits per heavy atom. The molecule has 0 atom stereocenters. The van der Waals surface area contributed by atoms with E-state index in [-0.39, 0.29) is 17.7 Å². The fourth-order valence-corrected chi connectivity index (χ4v) is 3.58. The third kappa shape index (κ3) is 4.92. The molecule has 0 saturated carbocycles. The predicted molar refractivity (Wildman–Crippen MR) is 96.4 cm³/mol. The lowest BCUT2D eigenvalue weighted by Gasteiger charge is -2.37. The summed E-state index contributed by atoms with van der Waals surface area (Å²) in [6.07, 6.45) is -2.33. The van der Waals surface area contributed by atoms with Crippen molar-refractivity contribution in [2.24, 2.45) is 11.7 Å². The SMILES string of the molecule is NC(=O)C1CCN(C(=O)CN2CCN(c3ccc(C(F)(F)F)cn3)CC2)CC1. The van der Waals surface area contributed by atoms with E-state index < -0.39 is 11.7 Å². The summed E-state index contributed by atoms with van der Waals surface area (Å²) in [6.45, 7) is 3.84. The van der Waals surface area contributed by atoms with Crippen molar-refractivity contribution in [3.63, 3.8) is 0 Å². The Morgan fingerprint density at radius 2 is 1.71 bits per heavy atom. The van der Waals surface area contributed by atoms with Gasteiger partial charge in [0.05, 0.1) is 12.1 Å². The number of pyridine rings is 1. The van der Waals surface area contributed by atoms with E-state index in [1.54, 1.807) is 4.90 Å². The Kier molecular flexibility index (Phi) is 6.07. The van der Waals surface area contributed by atoms with Crippen LogP contribution < -0.4 is 10.6 Å². The van der Waals surface area contributed by atoms with Crippen molar-refractivity contribution >= 4 is 17.6 Å². The van der Waals surface area contributed by atoms with Crippen molar-refractivity contribution in [1.82, 2.24) is 14.8 Å². The van der Waals surface area contributed by atoms with Gasteiger partial charge >= 0.3 is 6.18 Å². The summed E-state index contributed by atoms with van der Waals surface area (Å²) in [7, 11) is 0. The summed E-state index contributed by atoms with van der Waals surface area (Å²) in [5, 5.41) is 0. The molecule has 1 aromatic heterocycles. The third-order valence-corrected chi connectivity index (χ3v) is 5.38. The van der Waals surface area contributed by atoms with E-state index in [4.69, 9.17) is 5.73 Å². The molecule has 7 nitrogen and oxygen atoms in total. The average Bonchev–Trinajstić information content (AvgIpc) is 2.68. The van der Waals surface area contributed by atoms with E-state index in [1.165, 1.54) is 6.07 Å². The summed E-state index contributed by atoms with van der Waals surface area (Å²) >= 11 is 0. The molecule has 10 heteroatoms. The summed E-state index contributed by atoms with van der Waals surface area (Å²) < 4.78 is 37.9. The topological polar surface area (TPSA) is 82.8 Å². The molecular formula is C18H24F3N5O2. The maximum absolute atomic E-state index is 12.6. The number of hydrogen-bond donors (Lipinski definition) is 1. The number of carbonyl (C=O) groups is 2. The van der Waals surface area contributed by atoms with Crippen LogP contribution in [-0.4, -0.2) is 72.4 Å². The Hall–Kier alpha value is -2.36. The summed E-state index contributed by atoms with van der Waals surface area (Å²) in [5.41, 5.74) is 4.55. The second-order valence-electron chi connectivity index (χ2n) is 7.22. The zero-order chi connectivity index (χ0) is 20.3. The molecule has 0 aromatic carbocycles. The number of rotatable bonds is 4. The molecule has 2 saturated heterocycles. The van der Waals surface area contributed by atoms with Crippen molar-refractivity contribution in [3.8, 4) is 0 Å². The van der Waals surface area contributed by atoms with Gasteiger partial charge in [-0.1, -0.05) is 0 Å². The maximum atomic E-state index is 12.6. The summed E-state index contributed by atoms with van der Waals surface area (Å²) in [4.78, 5) is 33.3. The number of aromatic nitrogens is 1. The number of alkyl halides is 3. The van der Waals surface area contributed by atoms with E-state index in [0.717, 1.165) is 12.3 Å². The lowest BCUT2D eigenvalue weighted by atomic mass is 9.96. The van der Waals surface area contributed by atoms with E-state index in [1.807, 2.05) is 9.80 Å². The second kappa shape index (κ2) is 8.34. The molecule has 0 spiro atoms. The molecule has 2 aliphatic heterocycles. The number of amides is 2. The van der Waals surface area contributed by atoms with Crippen molar-refractivity contribution in [2.75, 3.05) is 50.7 Å². The number of nitrogens with two attached hydrogens (primary N) is 1. The van der Waals surface area contributed by atoms with Gasteiger partial charge in [0.15, 0.2) is 0 Å². The zero-order valence-corrected chi connectivity index (χ0v) is 15.5. The van der Waals surface area contributed by atoms with E-state index in [2.05, 4.69) is 4.98 Å². The van der Waals surface area contributed by atoms with Crippen LogP contribution in [0.4, 0.5) is 19.0 Å². The Bertz CT molecular complexity index is 694. The van der Waals surface area contributed by atoms with Crippen LogP contribution in [0.2, 0.25) is 0 Å². The second-order valence-corrected chi connectivity index (χ2v) is 7.22. The Labute approximate surface area is 161 Å². The van der Waals surface area contributed by atoms with Crippen molar-refractivity contribution in [2.45, 2.75) is 19.0 Å². The van der Waals surface area contributed by atoms with E-state index in [9.17, 15) is 22.8 Å². The standard InChI is InChI=1S/C18H24F3N5O2/c19-18(20,21)14-1-2-15(23-11-14)25-9-7-24(8-10-25)12-16(27)26-5-3-13(4-6-26)17(22)28/h1-2,11,13H,3-10,12H2,(H2,22,28). The monoisotopic (exact) mass is 399 g/mol. The number of hydrogen-bond acceptors (Lipinski definition) is 5. The highest BCUT2D eigenvalue weighted by Gasteiger charge is 2.31. The van der Waals surface area contributed by atoms with Gasteiger partial charge in [-0.25, -0.2) is 4.98 Å². The quantitative estimate of drug-likeness (QED) is 0.815. The molecular weight excluding hydrogens is 375 g/mol. The van der Waals surface area contributed by atoms with Gasteiger partial charge in [-0.2, -0.15) is 13.2 Å². The molecule has 2 fully saturated rings. The fraction of sp³-hybridized carbons (Fsp3) is 0.611. The smallest absolute Gasteiger partial charge is 0.369 e. The summed E-state index contributed by atoms with van der Waals surface area (Å²) in [6, 6.07) is 2.42. The minimum Gasteiger partial charge on any atom is -0.369 e. The lowest BCUT2D eigenvalue weighted by Crippen LogP contribution is -2.51. The largest absolute Gasteiger partial charge is 0.417 e. The lowest BCUT2D eigenvalue weighted by molar-refractivity contribution is -0.137. The molecule has 2 amide bonds. The first-order valence-corrected chi connectivity index (χ1v) is 9.31. The Morgan fingerprint density at radius 3 is 2.21 bits per heavy atom. The fourth-order valence-electron chi connectivity index (χ4n) is 3.58. The number of likely N-dealkylation sites (tertiary alicyclic amines) is 1. The van der Waals surface area contributed by atoms with Crippen LogP contribution >= 0.6 is 0 Å². The van der Waals surface area contributed by atoms with Gasteiger partial charge in [-0.05, 0) is 25.0 Å². The van der Waals surface area contributed by atoms with Crippen molar-refractivity contribution < 1.29 is 22.8 Å². The van der Waals surface area contributed by atoms with Crippen LogP contribution in [0.5, 0.6) is 0 Å². The molecule has 0 aliphatic carbocycles. The minimum absolute atomic E-state index is 0.0315. The molecule has 2 N–H and O–H groups in total. The summed E-state index contributed by atoms with van der Waals surface area (Å²) in [5.74, 6) is 0.0838. The number of primary amides is 1. The molecule has 2 aliphatic rings. The molecule has 154 valence electrons. The van der Waals surface area contributed by atoms with Gasteiger partial charge in [0, 0.05) is 51.4 Å². The highest BCUT2D eigenvalue weighted by molar-refractivity contribution is 5.80. The molecule has 3 heterocycles. The molecule has 28 heavy (non-hydrogen) atoms. The van der Waals surface area contributed by atoms with E-state index >= 15 is 0 Å². The number of carbonyl (C=O) groups excluding carboxylic acids is 2. The van der Waals surface area contributed by atoms with Gasteiger partial charge in [-0.15, -0.1) is 0 Å². The first-order chi connectivity index (χ1) is 13.2. The number of nitrogens with zero attached hydrogens (tertiary/aromatic N) is 4. The van der Waals surface area contributed by atoms with Crippen LogP contribution in [-0.2, 0) is 15.8 Å².